The molecule has 2 aromatic carbocycles. The first-order valence-corrected chi connectivity index (χ1v) is 8.20. The molecule has 0 bridgehead atoms. The summed E-state index contributed by atoms with van der Waals surface area (Å²) < 4.78 is 5.90. The van der Waals surface area contributed by atoms with Crippen LogP contribution in [0, 0.1) is 5.92 Å². The maximum absolute atomic E-state index is 13.0. The van der Waals surface area contributed by atoms with Gasteiger partial charge < -0.3 is 25.2 Å². The summed E-state index contributed by atoms with van der Waals surface area (Å²) in [5, 5.41) is 39.5. The lowest BCUT2D eigenvalue weighted by Gasteiger charge is -2.33. The van der Waals surface area contributed by atoms with Crippen LogP contribution >= 0.6 is 0 Å². The number of carbonyl (C=O) groups is 1. The fraction of sp³-hybridized carbons (Fsp3) is 0.250. The number of fused-ring (bicyclic) bond motifs is 1. The minimum atomic E-state index is -0.826. The average molecular weight is 356 g/mol. The highest BCUT2D eigenvalue weighted by atomic mass is 16.5. The molecule has 1 heterocycles. The van der Waals surface area contributed by atoms with E-state index >= 15 is 0 Å². The van der Waals surface area contributed by atoms with Crippen LogP contribution in [0.15, 0.2) is 42.0 Å². The standard InChI is InChI=1S/C20H20O6/c1-10(2)3-5-14-19(25)18-16(24)8-12(22)9-17(18)26-20(14)13-6-4-11(21)7-15(13)23/h3-4,6-9,14,20-24H,5H2,1-2H3/t14-,20+/m1/s1. The number of benzene rings is 2. The quantitative estimate of drug-likeness (QED) is 0.623. The molecule has 0 saturated carbocycles. The normalized spacial score (nSPS) is 18.8. The first-order chi connectivity index (χ1) is 12.3. The summed E-state index contributed by atoms with van der Waals surface area (Å²) in [5.41, 5.74) is 1.38. The molecule has 1 aliphatic heterocycles. The van der Waals surface area contributed by atoms with E-state index in [0.29, 0.717) is 12.0 Å². The molecule has 6 nitrogen and oxygen atoms in total. The van der Waals surface area contributed by atoms with Crippen molar-refractivity contribution >= 4 is 5.78 Å². The van der Waals surface area contributed by atoms with Gasteiger partial charge in [-0.1, -0.05) is 11.6 Å². The van der Waals surface area contributed by atoms with E-state index in [0.717, 1.165) is 11.6 Å². The van der Waals surface area contributed by atoms with E-state index in [1.807, 2.05) is 19.9 Å². The minimum absolute atomic E-state index is 0.0180. The molecule has 3 rings (SSSR count). The molecule has 0 spiro atoms. The SMILES string of the molecule is CC(C)=CC[C@@H]1C(=O)c2c(O)cc(O)cc2O[C@H]1c1ccc(O)cc1O. The second kappa shape index (κ2) is 6.63. The highest BCUT2D eigenvalue weighted by molar-refractivity contribution is 6.04. The Kier molecular flexibility index (Phi) is 4.50. The molecule has 0 amide bonds. The minimum Gasteiger partial charge on any atom is -0.508 e. The predicted molar refractivity (Wildman–Crippen MR) is 94.8 cm³/mol. The van der Waals surface area contributed by atoms with Gasteiger partial charge in [0.2, 0.25) is 0 Å². The fourth-order valence-electron chi connectivity index (χ4n) is 3.12. The molecular weight excluding hydrogens is 336 g/mol. The summed E-state index contributed by atoms with van der Waals surface area (Å²) >= 11 is 0. The summed E-state index contributed by atoms with van der Waals surface area (Å²) in [6.07, 6.45) is 1.41. The number of ether oxygens (including phenoxy) is 1. The first kappa shape index (κ1) is 17.7. The molecule has 1 aliphatic rings. The lowest BCUT2D eigenvalue weighted by atomic mass is 9.82. The molecule has 2 atom stereocenters. The second-order valence-electron chi connectivity index (χ2n) is 6.61. The van der Waals surface area contributed by atoms with Gasteiger partial charge >= 0.3 is 0 Å². The maximum atomic E-state index is 13.0. The average Bonchev–Trinajstić information content (AvgIpc) is 2.52. The van der Waals surface area contributed by atoms with E-state index in [-0.39, 0.29) is 40.1 Å². The van der Waals surface area contributed by atoms with Crippen LogP contribution < -0.4 is 4.74 Å². The first-order valence-electron chi connectivity index (χ1n) is 8.20. The van der Waals surface area contributed by atoms with Crippen molar-refractivity contribution in [2.24, 2.45) is 5.92 Å². The molecule has 2 aromatic rings. The molecule has 26 heavy (non-hydrogen) atoms. The van der Waals surface area contributed by atoms with Crippen LogP contribution in [0.25, 0.3) is 0 Å². The van der Waals surface area contributed by atoms with E-state index in [2.05, 4.69) is 0 Å². The van der Waals surface area contributed by atoms with E-state index in [1.165, 1.54) is 24.3 Å². The van der Waals surface area contributed by atoms with Gasteiger partial charge in [-0.3, -0.25) is 4.79 Å². The highest BCUT2D eigenvalue weighted by Crippen LogP contribution is 2.47. The number of carbonyl (C=O) groups excluding carboxylic acids is 1. The number of hydrogen-bond donors (Lipinski definition) is 4. The second-order valence-corrected chi connectivity index (χ2v) is 6.61. The van der Waals surface area contributed by atoms with Crippen molar-refractivity contribution in [2.75, 3.05) is 0 Å². The van der Waals surface area contributed by atoms with Crippen molar-refractivity contribution in [1.82, 2.24) is 0 Å². The summed E-state index contributed by atoms with van der Waals surface area (Å²) in [5.74, 6) is -1.84. The maximum Gasteiger partial charge on any atom is 0.177 e. The van der Waals surface area contributed by atoms with Crippen LogP contribution in [0.5, 0.6) is 28.7 Å². The van der Waals surface area contributed by atoms with Crippen molar-refractivity contribution in [1.29, 1.82) is 0 Å². The number of Topliss-reactive ketones (excluding diaryl/α,β-unsaturated/α-hetero) is 1. The largest absolute Gasteiger partial charge is 0.508 e. The van der Waals surface area contributed by atoms with Crippen LogP contribution in [0.2, 0.25) is 0 Å². The fourth-order valence-corrected chi connectivity index (χ4v) is 3.12. The third-order valence-electron chi connectivity index (χ3n) is 4.37. The van der Waals surface area contributed by atoms with Crippen LogP contribution in [-0.4, -0.2) is 26.2 Å². The van der Waals surface area contributed by atoms with Gasteiger partial charge in [0.05, 0.1) is 5.92 Å². The smallest absolute Gasteiger partial charge is 0.177 e. The number of aromatic hydroxyl groups is 4. The Bertz CT molecular complexity index is 895. The van der Waals surface area contributed by atoms with E-state index in [9.17, 15) is 25.2 Å². The lowest BCUT2D eigenvalue weighted by molar-refractivity contribution is 0.0649. The molecule has 136 valence electrons. The lowest BCUT2D eigenvalue weighted by Crippen LogP contribution is -2.31. The van der Waals surface area contributed by atoms with Gasteiger partial charge in [0.15, 0.2) is 5.78 Å². The van der Waals surface area contributed by atoms with Crippen molar-refractivity contribution in [2.45, 2.75) is 26.4 Å². The van der Waals surface area contributed by atoms with Gasteiger partial charge in [0, 0.05) is 23.8 Å². The molecular formula is C20H20O6. The van der Waals surface area contributed by atoms with Crippen molar-refractivity contribution in [3.05, 3.63) is 53.1 Å². The molecule has 0 unspecified atom stereocenters. The number of hydrogen-bond acceptors (Lipinski definition) is 6. The number of phenolic OH excluding ortho intramolecular Hbond substituents is 4. The van der Waals surface area contributed by atoms with E-state index in [4.69, 9.17) is 4.74 Å². The van der Waals surface area contributed by atoms with Crippen molar-refractivity contribution < 1.29 is 30.0 Å². The predicted octanol–water partition coefficient (Wildman–Crippen LogP) is 3.80. The topological polar surface area (TPSA) is 107 Å². The zero-order chi connectivity index (χ0) is 19.0. The highest BCUT2D eigenvalue weighted by Gasteiger charge is 2.40. The zero-order valence-electron chi connectivity index (χ0n) is 14.4. The zero-order valence-corrected chi connectivity index (χ0v) is 14.4. The third-order valence-corrected chi connectivity index (χ3v) is 4.37. The molecule has 0 fully saturated rings. The Hall–Kier alpha value is -3.15. The number of rotatable bonds is 3. The third kappa shape index (κ3) is 3.18. The Labute approximate surface area is 150 Å². The van der Waals surface area contributed by atoms with E-state index < -0.39 is 12.0 Å². The van der Waals surface area contributed by atoms with Crippen LogP contribution in [0.1, 0.15) is 42.3 Å². The summed E-state index contributed by atoms with van der Waals surface area (Å²) in [4.78, 5) is 13.0. The van der Waals surface area contributed by atoms with E-state index in [1.54, 1.807) is 0 Å². The van der Waals surface area contributed by atoms with Gasteiger partial charge in [-0.15, -0.1) is 0 Å². The number of ketones is 1. The molecule has 6 heteroatoms. The Morgan fingerprint density at radius 3 is 2.38 bits per heavy atom. The monoisotopic (exact) mass is 356 g/mol. The van der Waals surface area contributed by atoms with Gasteiger partial charge in [-0.2, -0.15) is 0 Å². The summed E-state index contributed by atoms with van der Waals surface area (Å²) in [6, 6.07) is 6.42. The van der Waals surface area contributed by atoms with Gasteiger partial charge in [-0.05, 0) is 32.4 Å². The van der Waals surface area contributed by atoms with Crippen LogP contribution in [-0.2, 0) is 0 Å². The summed E-state index contributed by atoms with van der Waals surface area (Å²) in [7, 11) is 0. The Balaban J connectivity index is 2.13. The van der Waals surface area contributed by atoms with Crippen LogP contribution in [0.3, 0.4) is 0 Å². The Morgan fingerprint density at radius 1 is 1.04 bits per heavy atom. The number of phenols is 4. The molecule has 4 N–H and O–H groups in total. The molecule has 0 radical (unpaired) electrons. The van der Waals surface area contributed by atoms with Gasteiger partial charge in [0.1, 0.15) is 40.4 Å². The van der Waals surface area contributed by atoms with Gasteiger partial charge in [0.25, 0.3) is 0 Å². The van der Waals surface area contributed by atoms with Crippen LogP contribution in [0.4, 0.5) is 0 Å². The Morgan fingerprint density at radius 2 is 1.73 bits per heavy atom. The van der Waals surface area contributed by atoms with Gasteiger partial charge in [-0.25, -0.2) is 0 Å². The van der Waals surface area contributed by atoms with Crippen molar-refractivity contribution in [3.63, 3.8) is 0 Å². The van der Waals surface area contributed by atoms with Crippen molar-refractivity contribution in [3.8, 4) is 28.7 Å². The number of allylic oxidation sites excluding steroid dienone is 2. The molecule has 0 saturated heterocycles. The summed E-state index contributed by atoms with van der Waals surface area (Å²) in [6.45, 7) is 3.81. The molecule has 0 aliphatic carbocycles. The molecule has 0 aromatic heterocycles.